The van der Waals surface area contributed by atoms with Crippen molar-refractivity contribution in [1.82, 2.24) is 24.7 Å². The van der Waals surface area contributed by atoms with E-state index >= 15 is 0 Å². The third-order valence-electron chi connectivity index (χ3n) is 2.02. The Labute approximate surface area is 99.1 Å². The third kappa shape index (κ3) is 2.26. The molecule has 0 saturated heterocycles. The molecule has 10 nitrogen and oxygen atoms in total. The van der Waals surface area contributed by atoms with Crippen molar-refractivity contribution in [2.24, 2.45) is 0 Å². The summed E-state index contributed by atoms with van der Waals surface area (Å²) in [6, 6.07) is 0. The molecule has 0 aromatic carbocycles. The molecule has 0 aliphatic carbocycles. The molecule has 0 unspecified atom stereocenters. The molecular formula is C8H6N6O4. The first-order valence-electron chi connectivity index (χ1n) is 4.64. The topological polar surface area (TPSA) is 137 Å². The van der Waals surface area contributed by atoms with Crippen molar-refractivity contribution in [3.8, 4) is 0 Å². The fourth-order valence-corrected chi connectivity index (χ4v) is 1.26. The molecule has 0 radical (unpaired) electrons. The monoisotopic (exact) mass is 250 g/mol. The Bertz CT molecular complexity index is 609. The number of hydrogen-bond donors (Lipinski definition) is 1. The number of nitro groups is 1. The summed E-state index contributed by atoms with van der Waals surface area (Å²) in [4.78, 5) is 31.4. The van der Waals surface area contributed by atoms with Gasteiger partial charge in [-0.25, -0.2) is 14.8 Å². The molecule has 2 heterocycles. The molecule has 0 amide bonds. The summed E-state index contributed by atoms with van der Waals surface area (Å²) in [5, 5.41) is 22.9. The molecule has 0 fully saturated rings. The molecule has 2 aromatic rings. The lowest BCUT2D eigenvalue weighted by Crippen LogP contribution is -2.10. The van der Waals surface area contributed by atoms with Crippen LogP contribution in [0.4, 0.5) is 5.95 Å². The van der Waals surface area contributed by atoms with Crippen molar-refractivity contribution in [2.75, 3.05) is 0 Å². The van der Waals surface area contributed by atoms with E-state index in [0.29, 0.717) is 0 Å². The third-order valence-corrected chi connectivity index (χ3v) is 2.02. The van der Waals surface area contributed by atoms with Crippen LogP contribution in [-0.2, 0) is 6.54 Å². The van der Waals surface area contributed by atoms with Crippen LogP contribution >= 0.6 is 0 Å². The number of aromatic nitrogens is 5. The molecule has 92 valence electrons. The van der Waals surface area contributed by atoms with E-state index in [4.69, 9.17) is 5.11 Å². The van der Waals surface area contributed by atoms with Crippen LogP contribution in [-0.4, -0.2) is 40.7 Å². The standard InChI is InChI=1S/C8H6N6O4/c15-7(16)5-1-9-3-10-6(5)2-13-4-11-8(12-13)14(17)18/h1,3-4H,2H2,(H,15,16). The number of carboxylic acids is 1. The van der Waals surface area contributed by atoms with E-state index in [2.05, 4.69) is 20.1 Å². The van der Waals surface area contributed by atoms with Gasteiger partial charge in [-0.05, 0) is 4.92 Å². The van der Waals surface area contributed by atoms with Gasteiger partial charge < -0.3 is 15.2 Å². The van der Waals surface area contributed by atoms with Crippen LogP contribution in [0.25, 0.3) is 0 Å². The summed E-state index contributed by atoms with van der Waals surface area (Å²) in [5.41, 5.74) is 0.105. The molecule has 0 aliphatic heterocycles. The normalized spacial score (nSPS) is 10.2. The largest absolute Gasteiger partial charge is 0.490 e. The maximum atomic E-state index is 10.9. The van der Waals surface area contributed by atoms with Crippen LogP contribution in [0.5, 0.6) is 0 Å². The van der Waals surface area contributed by atoms with E-state index in [1.54, 1.807) is 0 Å². The fourth-order valence-electron chi connectivity index (χ4n) is 1.26. The first-order chi connectivity index (χ1) is 8.58. The lowest BCUT2D eigenvalue weighted by molar-refractivity contribution is -0.394. The van der Waals surface area contributed by atoms with Crippen molar-refractivity contribution in [1.29, 1.82) is 0 Å². The van der Waals surface area contributed by atoms with Crippen molar-refractivity contribution >= 4 is 11.9 Å². The molecule has 0 atom stereocenters. The lowest BCUT2D eigenvalue weighted by Gasteiger charge is -2.01. The van der Waals surface area contributed by atoms with E-state index in [0.717, 1.165) is 17.2 Å². The number of hydrogen-bond acceptors (Lipinski definition) is 7. The zero-order chi connectivity index (χ0) is 13.1. The van der Waals surface area contributed by atoms with Gasteiger partial charge in [0, 0.05) is 11.3 Å². The van der Waals surface area contributed by atoms with Crippen LogP contribution in [0.15, 0.2) is 18.9 Å². The van der Waals surface area contributed by atoms with Crippen LogP contribution in [0, 0.1) is 10.1 Å². The molecule has 0 aliphatic rings. The number of rotatable bonds is 4. The van der Waals surface area contributed by atoms with Gasteiger partial charge in [-0.1, -0.05) is 4.98 Å². The van der Waals surface area contributed by atoms with Crippen molar-refractivity contribution in [3.63, 3.8) is 0 Å². The van der Waals surface area contributed by atoms with Gasteiger partial charge in [-0.2, -0.15) is 4.68 Å². The van der Waals surface area contributed by atoms with Gasteiger partial charge >= 0.3 is 11.9 Å². The zero-order valence-electron chi connectivity index (χ0n) is 8.79. The van der Waals surface area contributed by atoms with Crippen molar-refractivity contribution in [2.45, 2.75) is 6.54 Å². The minimum Gasteiger partial charge on any atom is -0.478 e. The molecule has 2 aromatic heterocycles. The highest BCUT2D eigenvalue weighted by Crippen LogP contribution is 2.07. The summed E-state index contributed by atoms with van der Waals surface area (Å²) in [6.45, 7) is -0.0367. The highest BCUT2D eigenvalue weighted by Gasteiger charge is 2.17. The Hall–Kier alpha value is -2.91. The summed E-state index contributed by atoms with van der Waals surface area (Å²) < 4.78 is 1.13. The second-order valence-corrected chi connectivity index (χ2v) is 3.19. The van der Waals surface area contributed by atoms with Gasteiger partial charge in [0.05, 0.1) is 5.69 Å². The fraction of sp³-hybridized carbons (Fsp3) is 0.125. The van der Waals surface area contributed by atoms with Crippen LogP contribution in [0.2, 0.25) is 0 Å². The smallest absolute Gasteiger partial charge is 0.478 e. The lowest BCUT2D eigenvalue weighted by atomic mass is 10.2. The van der Waals surface area contributed by atoms with Crippen LogP contribution in [0.1, 0.15) is 16.1 Å². The molecule has 0 saturated carbocycles. The first kappa shape index (κ1) is 11.6. The predicted octanol–water partition coefficient (Wildman–Crippen LogP) is -0.277. The minimum absolute atomic E-state index is 0.0367. The minimum atomic E-state index is -1.18. The number of nitrogens with zero attached hydrogens (tertiary/aromatic N) is 6. The average molecular weight is 250 g/mol. The van der Waals surface area contributed by atoms with Gasteiger partial charge in [0.2, 0.25) is 6.33 Å². The summed E-state index contributed by atoms with van der Waals surface area (Å²) in [5.74, 6) is -1.74. The van der Waals surface area contributed by atoms with Crippen molar-refractivity contribution in [3.05, 3.63) is 40.2 Å². The predicted molar refractivity (Wildman–Crippen MR) is 54.8 cm³/mol. The highest BCUT2D eigenvalue weighted by atomic mass is 16.6. The second kappa shape index (κ2) is 4.53. The average Bonchev–Trinajstić information content (AvgIpc) is 2.78. The van der Waals surface area contributed by atoms with Gasteiger partial charge in [0.25, 0.3) is 0 Å². The Morgan fingerprint density at radius 2 is 2.28 bits per heavy atom. The number of carboxylic acid groups (broad SMARTS) is 1. The molecule has 10 heteroatoms. The maximum absolute atomic E-state index is 10.9. The Kier molecular flexibility index (Phi) is 2.91. The van der Waals surface area contributed by atoms with E-state index in [1.807, 2.05) is 0 Å². The quantitative estimate of drug-likeness (QED) is 0.577. The Balaban J connectivity index is 2.28. The second-order valence-electron chi connectivity index (χ2n) is 3.19. The molecular weight excluding hydrogens is 244 g/mol. The summed E-state index contributed by atoms with van der Waals surface area (Å²) in [6.07, 6.45) is 3.47. The Morgan fingerprint density at radius 1 is 1.50 bits per heavy atom. The summed E-state index contributed by atoms with van der Waals surface area (Å²) in [7, 11) is 0. The zero-order valence-corrected chi connectivity index (χ0v) is 8.79. The molecule has 2 rings (SSSR count). The van der Waals surface area contributed by atoms with E-state index in [9.17, 15) is 14.9 Å². The number of aromatic carboxylic acids is 1. The summed E-state index contributed by atoms with van der Waals surface area (Å²) >= 11 is 0. The molecule has 1 N–H and O–H groups in total. The highest BCUT2D eigenvalue weighted by molar-refractivity contribution is 5.88. The van der Waals surface area contributed by atoms with Crippen LogP contribution in [0.3, 0.4) is 0 Å². The maximum Gasteiger partial charge on any atom is 0.490 e. The molecule has 18 heavy (non-hydrogen) atoms. The van der Waals surface area contributed by atoms with Gasteiger partial charge in [-0.15, -0.1) is 0 Å². The van der Waals surface area contributed by atoms with E-state index in [1.165, 1.54) is 6.33 Å². The van der Waals surface area contributed by atoms with Gasteiger partial charge in [-0.3, -0.25) is 0 Å². The molecule has 0 spiro atoms. The van der Waals surface area contributed by atoms with Crippen molar-refractivity contribution < 1.29 is 14.8 Å². The SMILES string of the molecule is O=C(O)c1cncnc1Cn1cnc([N+](=O)[O-])n1. The van der Waals surface area contributed by atoms with Gasteiger partial charge in [0.15, 0.2) is 0 Å². The molecule has 0 bridgehead atoms. The van der Waals surface area contributed by atoms with E-state index < -0.39 is 16.8 Å². The van der Waals surface area contributed by atoms with E-state index in [-0.39, 0.29) is 17.8 Å². The van der Waals surface area contributed by atoms with Crippen LogP contribution < -0.4 is 0 Å². The van der Waals surface area contributed by atoms with Gasteiger partial charge in [0.1, 0.15) is 18.4 Å². The Morgan fingerprint density at radius 3 is 2.89 bits per heavy atom. The first-order valence-corrected chi connectivity index (χ1v) is 4.64. The number of carbonyl (C=O) groups is 1.